The summed E-state index contributed by atoms with van der Waals surface area (Å²) < 4.78 is 9.63. The summed E-state index contributed by atoms with van der Waals surface area (Å²) in [4.78, 5) is 36.3. The first-order valence-corrected chi connectivity index (χ1v) is 7.94. The summed E-state index contributed by atoms with van der Waals surface area (Å²) >= 11 is 0. The number of unbranched alkanes of at least 4 members (excludes halogenated alkanes) is 1. The molecule has 0 fully saturated rings. The smallest absolute Gasteiger partial charge is 0.452 e. The number of carboxylic acids is 1. The number of hydrogen-bond donors (Lipinski definition) is 2. The topological polar surface area (TPSA) is 175 Å². The van der Waals surface area contributed by atoms with Crippen molar-refractivity contribution >= 4 is 18.2 Å². The second kappa shape index (κ2) is 12.5. The van der Waals surface area contributed by atoms with E-state index in [2.05, 4.69) is 25.6 Å². The summed E-state index contributed by atoms with van der Waals surface area (Å²) in [5.41, 5.74) is 7.31. The van der Waals surface area contributed by atoms with Gasteiger partial charge in [-0.2, -0.15) is 5.11 Å². The van der Waals surface area contributed by atoms with Crippen LogP contribution in [0.2, 0.25) is 0 Å². The summed E-state index contributed by atoms with van der Waals surface area (Å²) in [5, 5.41) is 21.5. The number of carbonyl (C=O) groups excluding carboxylic acids is 2. The lowest BCUT2D eigenvalue weighted by Crippen LogP contribution is -2.26. The van der Waals surface area contributed by atoms with Crippen LogP contribution in [0.15, 0.2) is 15.3 Å². The minimum absolute atomic E-state index is 0.0258. The molecule has 1 atom stereocenters. The van der Waals surface area contributed by atoms with E-state index >= 15 is 0 Å². The van der Waals surface area contributed by atoms with E-state index in [-0.39, 0.29) is 26.1 Å². The standard InChI is InChI=1S/C14H24N6O6/c1-14(2,3)26-13(24)19-18-10(11(21)22)6-4-5-7-16-12(23)25-9-8-17-20-15/h10H,4-9H2,1-3H3,(H,16,23)(H,21,22). The minimum atomic E-state index is -1.21. The molecule has 0 radical (unpaired) electrons. The van der Waals surface area contributed by atoms with Crippen molar-refractivity contribution in [1.82, 2.24) is 5.32 Å². The number of amides is 2. The lowest BCUT2D eigenvalue weighted by molar-refractivity contribution is -0.138. The number of rotatable bonds is 10. The lowest BCUT2D eigenvalue weighted by Gasteiger charge is -2.16. The van der Waals surface area contributed by atoms with E-state index in [9.17, 15) is 14.4 Å². The monoisotopic (exact) mass is 372 g/mol. The van der Waals surface area contributed by atoms with Crippen LogP contribution in [-0.2, 0) is 14.3 Å². The van der Waals surface area contributed by atoms with Crippen molar-refractivity contribution in [3.8, 4) is 0 Å². The van der Waals surface area contributed by atoms with Crippen LogP contribution in [0.3, 0.4) is 0 Å². The van der Waals surface area contributed by atoms with Gasteiger partial charge in [-0.15, -0.1) is 0 Å². The molecule has 0 aromatic rings. The third-order valence-electron chi connectivity index (χ3n) is 2.62. The molecule has 26 heavy (non-hydrogen) atoms. The molecule has 0 aliphatic rings. The number of aliphatic carboxylic acids is 1. The number of ether oxygens (including phenoxy) is 2. The molecular formula is C14H24N6O6. The fourth-order valence-electron chi connectivity index (χ4n) is 1.56. The molecule has 0 saturated carbocycles. The van der Waals surface area contributed by atoms with Crippen LogP contribution >= 0.6 is 0 Å². The van der Waals surface area contributed by atoms with Gasteiger partial charge >= 0.3 is 18.2 Å². The minimum Gasteiger partial charge on any atom is -0.480 e. The maximum Gasteiger partial charge on any atom is 0.452 e. The van der Waals surface area contributed by atoms with Crippen LogP contribution < -0.4 is 5.32 Å². The number of hydrogen-bond acceptors (Lipinski definition) is 7. The van der Waals surface area contributed by atoms with Crippen LogP contribution in [0, 0.1) is 0 Å². The van der Waals surface area contributed by atoms with Gasteiger partial charge < -0.3 is 19.9 Å². The number of alkyl carbamates (subject to hydrolysis) is 1. The van der Waals surface area contributed by atoms with Gasteiger partial charge in [0.1, 0.15) is 5.60 Å². The second-order valence-corrected chi connectivity index (χ2v) is 6.06. The summed E-state index contributed by atoms with van der Waals surface area (Å²) in [5.74, 6) is -1.21. The summed E-state index contributed by atoms with van der Waals surface area (Å²) in [7, 11) is 0. The Morgan fingerprint density at radius 2 is 1.96 bits per heavy atom. The highest BCUT2D eigenvalue weighted by Crippen LogP contribution is 2.10. The fourth-order valence-corrected chi connectivity index (χ4v) is 1.56. The molecule has 2 amide bonds. The molecule has 2 N–H and O–H groups in total. The van der Waals surface area contributed by atoms with Gasteiger partial charge in [-0.25, -0.2) is 14.4 Å². The SMILES string of the molecule is CC(C)(C)OC(=O)N=NC(CCCCNC(=O)OCCN=[N+]=[N-])C(=O)O. The molecule has 0 heterocycles. The summed E-state index contributed by atoms with van der Waals surface area (Å²) in [6.07, 6.45) is -0.540. The molecule has 1 unspecified atom stereocenters. The number of nitrogens with zero attached hydrogens (tertiary/aromatic N) is 5. The molecule has 12 nitrogen and oxygen atoms in total. The first kappa shape index (κ1) is 23.1. The second-order valence-electron chi connectivity index (χ2n) is 6.06. The van der Waals surface area contributed by atoms with E-state index in [1.165, 1.54) is 0 Å². The van der Waals surface area contributed by atoms with Crippen LogP contribution in [0.4, 0.5) is 9.59 Å². The molecule has 0 aliphatic carbocycles. The van der Waals surface area contributed by atoms with Crippen LogP contribution in [0.25, 0.3) is 10.4 Å². The van der Waals surface area contributed by atoms with Crippen LogP contribution in [-0.4, -0.2) is 54.6 Å². The largest absolute Gasteiger partial charge is 0.480 e. The zero-order chi connectivity index (χ0) is 20.0. The number of azide groups is 1. The molecular weight excluding hydrogens is 348 g/mol. The molecule has 0 bridgehead atoms. The Bertz CT molecular complexity index is 553. The van der Waals surface area contributed by atoms with Gasteiger partial charge in [0.15, 0.2) is 6.04 Å². The van der Waals surface area contributed by atoms with Crippen molar-refractivity contribution in [3.05, 3.63) is 10.4 Å². The number of azo groups is 1. The highest BCUT2D eigenvalue weighted by Gasteiger charge is 2.19. The highest BCUT2D eigenvalue weighted by molar-refractivity contribution is 5.74. The molecule has 12 heteroatoms. The van der Waals surface area contributed by atoms with E-state index in [4.69, 9.17) is 20.1 Å². The van der Waals surface area contributed by atoms with Gasteiger partial charge in [0.05, 0.1) is 13.2 Å². The van der Waals surface area contributed by atoms with Gasteiger partial charge in [-0.1, -0.05) is 10.2 Å². The Hall–Kier alpha value is -2.88. The lowest BCUT2D eigenvalue weighted by atomic mass is 10.1. The first-order valence-electron chi connectivity index (χ1n) is 7.94. The highest BCUT2D eigenvalue weighted by atomic mass is 16.6. The molecule has 0 aromatic heterocycles. The van der Waals surface area contributed by atoms with Crippen molar-refractivity contribution in [2.45, 2.75) is 51.7 Å². The van der Waals surface area contributed by atoms with Crippen molar-refractivity contribution in [2.75, 3.05) is 19.7 Å². The van der Waals surface area contributed by atoms with E-state index < -0.39 is 29.8 Å². The van der Waals surface area contributed by atoms with Gasteiger partial charge in [-0.3, -0.25) is 0 Å². The predicted octanol–water partition coefficient (Wildman–Crippen LogP) is 3.03. The number of nitrogens with one attached hydrogen (secondary N) is 1. The molecule has 0 saturated heterocycles. The van der Waals surface area contributed by atoms with E-state index in [0.717, 1.165) is 0 Å². The van der Waals surface area contributed by atoms with Crippen LogP contribution in [0.5, 0.6) is 0 Å². The average molecular weight is 372 g/mol. The van der Waals surface area contributed by atoms with E-state index in [0.29, 0.717) is 12.8 Å². The molecule has 0 aliphatic heterocycles. The Morgan fingerprint density at radius 1 is 1.27 bits per heavy atom. The average Bonchev–Trinajstić information content (AvgIpc) is 2.52. The summed E-state index contributed by atoms with van der Waals surface area (Å²) in [6.45, 7) is 5.27. The van der Waals surface area contributed by atoms with Gasteiger partial charge in [0, 0.05) is 11.5 Å². The van der Waals surface area contributed by atoms with E-state index in [1.807, 2.05) is 0 Å². The Balaban J connectivity index is 4.08. The molecule has 0 aromatic carbocycles. The maximum absolute atomic E-state index is 11.4. The van der Waals surface area contributed by atoms with Crippen LogP contribution in [0.1, 0.15) is 40.0 Å². The third kappa shape index (κ3) is 13.5. The fraction of sp³-hybridized carbons (Fsp3) is 0.786. The van der Waals surface area contributed by atoms with Crippen molar-refractivity contribution in [2.24, 2.45) is 15.3 Å². The Kier molecular flexibility index (Phi) is 11.1. The third-order valence-corrected chi connectivity index (χ3v) is 2.62. The Morgan fingerprint density at radius 3 is 2.54 bits per heavy atom. The Labute approximate surface area is 150 Å². The zero-order valence-electron chi connectivity index (χ0n) is 15.0. The maximum atomic E-state index is 11.4. The molecule has 0 spiro atoms. The van der Waals surface area contributed by atoms with Gasteiger partial charge in [0.2, 0.25) is 0 Å². The molecule has 0 rings (SSSR count). The van der Waals surface area contributed by atoms with Gasteiger partial charge in [-0.05, 0) is 45.6 Å². The predicted molar refractivity (Wildman–Crippen MR) is 89.7 cm³/mol. The first-order chi connectivity index (χ1) is 12.2. The van der Waals surface area contributed by atoms with Gasteiger partial charge in [0.25, 0.3) is 0 Å². The van der Waals surface area contributed by atoms with Crippen molar-refractivity contribution in [1.29, 1.82) is 0 Å². The summed E-state index contributed by atoms with van der Waals surface area (Å²) in [6, 6.07) is -1.17. The number of carboxylic acid groups (broad SMARTS) is 1. The van der Waals surface area contributed by atoms with Crippen molar-refractivity contribution < 1.29 is 29.0 Å². The molecule has 146 valence electrons. The quantitative estimate of drug-likeness (QED) is 0.258. The normalized spacial score (nSPS) is 12.1. The number of carbonyl (C=O) groups is 3. The zero-order valence-corrected chi connectivity index (χ0v) is 15.0. The van der Waals surface area contributed by atoms with Crippen molar-refractivity contribution in [3.63, 3.8) is 0 Å². The van der Waals surface area contributed by atoms with E-state index in [1.54, 1.807) is 20.8 Å².